The Bertz CT molecular complexity index is 380. The van der Waals surface area contributed by atoms with E-state index in [2.05, 4.69) is 58.7 Å². The van der Waals surface area contributed by atoms with Gasteiger partial charge in [0.2, 0.25) is 0 Å². The fourth-order valence-electron chi connectivity index (χ4n) is 3.14. The summed E-state index contributed by atoms with van der Waals surface area (Å²) in [6, 6.07) is 0. The number of aliphatic hydroxyl groups is 1. The first kappa shape index (κ1) is 23.0. The Balaban J connectivity index is 0.00000484. The van der Waals surface area contributed by atoms with Crippen molar-refractivity contribution in [2.24, 2.45) is 22.2 Å². The van der Waals surface area contributed by atoms with Crippen molar-refractivity contribution in [2.75, 3.05) is 26.2 Å². The molecule has 138 valence electrons. The maximum Gasteiger partial charge on any atom is 0.194 e. The van der Waals surface area contributed by atoms with Crippen LogP contribution in [0.5, 0.6) is 0 Å². The maximum absolute atomic E-state index is 9.26. The molecule has 0 saturated carbocycles. The molecule has 1 rings (SSSR count). The molecular formula is C18H38IN3O. The second-order valence-corrected chi connectivity index (χ2v) is 8.23. The van der Waals surface area contributed by atoms with Gasteiger partial charge in [0.1, 0.15) is 0 Å². The molecule has 4 nitrogen and oxygen atoms in total. The topological polar surface area (TPSA) is 47.9 Å². The molecule has 1 aliphatic rings. The Kier molecular flexibility index (Phi) is 9.43. The van der Waals surface area contributed by atoms with Crippen molar-refractivity contribution in [3.8, 4) is 0 Å². The summed E-state index contributed by atoms with van der Waals surface area (Å²) in [6.07, 6.45) is 1.97. The van der Waals surface area contributed by atoms with E-state index in [1.165, 1.54) is 0 Å². The fourth-order valence-corrected chi connectivity index (χ4v) is 3.14. The van der Waals surface area contributed by atoms with Crippen LogP contribution in [0.2, 0.25) is 0 Å². The zero-order valence-corrected chi connectivity index (χ0v) is 18.5. The molecule has 1 atom stereocenters. The first-order valence-corrected chi connectivity index (χ1v) is 8.82. The van der Waals surface area contributed by atoms with Crippen LogP contribution < -0.4 is 5.32 Å². The predicted molar refractivity (Wildman–Crippen MR) is 111 cm³/mol. The van der Waals surface area contributed by atoms with Crippen LogP contribution in [0.3, 0.4) is 0 Å². The van der Waals surface area contributed by atoms with Crippen molar-refractivity contribution in [2.45, 2.75) is 66.8 Å². The molecule has 0 bridgehead atoms. The fraction of sp³-hybridized carbons (Fsp3) is 0.944. The molecular weight excluding hydrogens is 401 g/mol. The first-order chi connectivity index (χ1) is 10.2. The molecule has 23 heavy (non-hydrogen) atoms. The number of rotatable bonds is 7. The average Bonchev–Trinajstić information content (AvgIpc) is 2.40. The third-order valence-corrected chi connectivity index (χ3v) is 5.32. The maximum atomic E-state index is 9.26. The molecule has 0 amide bonds. The zero-order valence-electron chi connectivity index (χ0n) is 16.1. The highest BCUT2D eigenvalue weighted by Crippen LogP contribution is 2.46. The molecule has 0 aliphatic carbocycles. The van der Waals surface area contributed by atoms with E-state index in [9.17, 15) is 5.11 Å². The molecule has 0 aromatic rings. The van der Waals surface area contributed by atoms with E-state index in [4.69, 9.17) is 4.99 Å². The summed E-state index contributed by atoms with van der Waals surface area (Å²) in [5, 5.41) is 12.7. The molecule has 0 aromatic carbocycles. The van der Waals surface area contributed by atoms with Gasteiger partial charge in [-0.05, 0) is 45.4 Å². The van der Waals surface area contributed by atoms with Crippen molar-refractivity contribution in [1.82, 2.24) is 10.2 Å². The van der Waals surface area contributed by atoms with Gasteiger partial charge in [0.25, 0.3) is 0 Å². The van der Waals surface area contributed by atoms with Crippen LogP contribution in [0.25, 0.3) is 0 Å². The molecule has 2 N–H and O–H groups in total. The Hall–Kier alpha value is -0.0400. The Labute approximate surface area is 160 Å². The summed E-state index contributed by atoms with van der Waals surface area (Å²) >= 11 is 0. The molecule has 0 spiro atoms. The highest BCUT2D eigenvalue weighted by molar-refractivity contribution is 14.0. The molecule has 0 aromatic heterocycles. The summed E-state index contributed by atoms with van der Waals surface area (Å²) in [6.45, 7) is 18.8. The van der Waals surface area contributed by atoms with Gasteiger partial charge in [0, 0.05) is 37.2 Å². The third kappa shape index (κ3) is 5.76. The van der Waals surface area contributed by atoms with Crippen LogP contribution in [-0.4, -0.2) is 47.7 Å². The number of hydrogen-bond donors (Lipinski definition) is 2. The van der Waals surface area contributed by atoms with Crippen molar-refractivity contribution in [3.05, 3.63) is 0 Å². The normalized spacial score (nSPS) is 20.7. The lowest BCUT2D eigenvalue weighted by Crippen LogP contribution is -2.72. The van der Waals surface area contributed by atoms with Gasteiger partial charge in [0.05, 0.1) is 0 Å². The number of guanidine groups is 1. The van der Waals surface area contributed by atoms with E-state index in [1.807, 2.05) is 0 Å². The van der Waals surface area contributed by atoms with Crippen LogP contribution in [0.1, 0.15) is 61.3 Å². The van der Waals surface area contributed by atoms with Crippen molar-refractivity contribution < 1.29 is 5.11 Å². The number of nitrogens with zero attached hydrogens (tertiary/aromatic N) is 2. The van der Waals surface area contributed by atoms with Gasteiger partial charge in [-0.1, -0.05) is 27.7 Å². The van der Waals surface area contributed by atoms with E-state index in [0.717, 1.165) is 38.4 Å². The smallest absolute Gasteiger partial charge is 0.194 e. The van der Waals surface area contributed by atoms with Gasteiger partial charge in [0.15, 0.2) is 5.96 Å². The number of halogens is 1. The minimum Gasteiger partial charge on any atom is -0.396 e. The summed E-state index contributed by atoms with van der Waals surface area (Å²) in [7, 11) is 0. The second-order valence-electron chi connectivity index (χ2n) is 8.23. The Morgan fingerprint density at radius 3 is 2.26 bits per heavy atom. The van der Waals surface area contributed by atoms with Crippen molar-refractivity contribution in [3.63, 3.8) is 0 Å². The molecule has 1 aliphatic heterocycles. The lowest BCUT2D eigenvalue weighted by molar-refractivity contribution is -0.0668. The first-order valence-electron chi connectivity index (χ1n) is 8.82. The lowest BCUT2D eigenvalue weighted by atomic mass is 9.65. The van der Waals surface area contributed by atoms with Crippen LogP contribution >= 0.6 is 24.0 Å². The van der Waals surface area contributed by atoms with Gasteiger partial charge in [-0.2, -0.15) is 0 Å². The Morgan fingerprint density at radius 1 is 1.26 bits per heavy atom. The number of aliphatic imine (C=N–C) groups is 1. The van der Waals surface area contributed by atoms with E-state index in [0.29, 0.717) is 17.3 Å². The van der Waals surface area contributed by atoms with Crippen LogP contribution in [0.15, 0.2) is 4.99 Å². The SMILES string of the molecule is CCNC(=NCC(CCO)CC(C)C)N1CC(C)(C)C1(C)C.I. The number of aliphatic hydroxyl groups excluding tert-OH is 1. The van der Waals surface area contributed by atoms with E-state index >= 15 is 0 Å². The molecule has 1 unspecified atom stereocenters. The minimum atomic E-state index is 0. The zero-order chi connectivity index (χ0) is 17.0. The highest BCUT2D eigenvalue weighted by atomic mass is 127. The lowest BCUT2D eigenvalue weighted by Gasteiger charge is -2.62. The van der Waals surface area contributed by atoms with Crippen LogP contribution in [-0.2, 0) is 0 Å². The second kappa shape index (κ2) is 9.44. The van der Waals surface area contributed by atoms with E-state index in [-0.39, 0.29) is 36.1 Å². The molecule has 1 heterocycles. The number of nitrogens with one attached hydrogen (secondary N) is 1. The van der Waals surface area contributed by atoms with Gasteiger partial charge < -0.3 is 15.3 Å². The Morgan fingerprint density at radius 2 is 1.87 bits per heavy atom. The molecule has 0 radical (unpaired) electrons. The molecule has 5 heteroatoms. The van der Waals surface area contributed by atoms with E-state index < -0.39 is 0 Å². The van der Waals surface area contributed by atoms with Gasteiger partial charge >= 0.3 is 0 Å². The number of likely N-dealkylation sites (tertiary alicyclic amines) is 1. The average molecular weight is 439 g/mol. The molecule has 1 saturated heterocycles. The monoisotopic (exact) mass is 439 g/mol. The van der Waals surface area contributed by atoms with E-state index in [1.54, 1.807) is 0 Å². The van der Waals surface area contributed by atoms with Crippen molar-refractivity contribution >= 4 is 29.9 Å². The van der Waals surface area contributed by atoms with Crippen molar-refractivity contribution in [1.29, 1.82) is 0 Å². The summed E-state index contributed by atoms with van der Waals surface area (Å²) < 4.78 is 0. The highest BCUT2D eigenvalue weighted by Gasteiger charge is 2.53. The largest absolute Gasteiger partial charge is 0.396 e. The quantitative estimate of drug-likeness (QED) is 0.361. The number of hydrogen-bond acceptors (Lipinski definition) is 2. The standard InChI is InChI=1S/C18H37N3O.HI/c1-8-19-16(21-13-17(4,5)18(21,6)7)20-12-15(9-10-22)11-14(2)3;/h14-15,22H,8-13H2,1-7H3,(H,19,20);1H. The third-order valence-electron chi connectivity index (χ3n) is 5.32. The van der Waals surface area contributed by atoms with Gasteiger partial charge in [-0.25, -0.2) is 0 Å². The van der Waals surface area contributed by atoms with Crippen LogP contribution in [0.4, 0.5) is 0 Å². The molecule has 1 fully saturated rings. The summed E-state index contributed by atoms with van der Waals surface area (Å²) in [5.74, 6) is 2.14. The van der Waals surface area contributed by atoms with Crippen LogP contribution in [0, 0.1) is 17.3 Å². The summed E-state index contributed by atoms with van der Waals surface area (Å²) in [4.78, 5) is 7.28. The summed E-state index contributed by atoms with van der Waals surface area (Å²) in [5.41, 5.74) is 0.435. The minimum absolute atomic E-state index is 0. The van der Waals surface area contributed by atoms with Gasteiger partial charge in [-0.3, -0.25) is 4.99 Å². The predicted octanol–water partition coefficient (Wildman–Crippen LogP) is 3.74. The van der Waals surface area contributed by atoms with Gasteiger partial charge in [-0.15, -0.1) is 24.0 Å².